The number of nitrogens with zero attached hydrogens (tertiary/aromatic N) is 3. The third-order valence-electron chi connectivity index (χ3n) is 3.63. The van der Waals surface area contributed by atoms with Crippen LogP contribution in [0.5, 0.6) is 0 Å². The first-order valence-corrected chi connectivity index (χ1v) is 8.23. The minimum absolute atomic E-state index is 0.358. The van der Waals surface area contributed by atoms with Crippen molar-refractivity contribution in [1.29, 1.82) is 0 Å². The molecule has 0 saturated heterocycles. The Bertz CT molecular complexity index is 493. The second-order valence-corrected chi connectivity index (χ2v) is 5.53. The van der Waals surface area contributed by atoms with E-state index in [2.05, 4.69) is 41.2 Å². The third kappa shape index (κ3) is 7.87. The highest BCUT2D eigenvalue weighted by Crippen LogP contribution is 2.21. The molecule has 0 saturated carbocycles. The van der Waals surface area contributed by atoms with E-state index in [1.807, 2.05) is 12.1 Å². The van der Waals surface area contributed by atoms with Gasteiger partial charge in [0.1, 0.15) is 0 Å². The molecule has 1 rings (SSSR count). The summed E-state index contributed by atoms with van der Waals surface area (Å²) in [5.74, 6) is 0. The summed E-state index contributed by atoms with van der Waals surface area (Å²) in [5, 5.41) is 13.7. The van der Waals surface area contributed by atoms with Crippen molar-refractivity contribution >= 4 is 6.08 Å². The van der Waals surface area contributed by atoms with E-state index in [4.69, 9.17) is 5.53 Å². The maximum atomic E-state index is 10.2. The molecule has 22 heavy (non-hydrogen) atoms. The monoisotopic (exact) mass is 301 g/mol. The Balaban J connectivity index is 2.41. The number of hydrogen-bond acceptors (Lipinski definition) is 2. The van der Waals surface area contributed by atoms with Crippen LogP contribution in [0.2, 0.25) is 0 Å². The number of rotatable bonds is 11. The molecule has 0 aliphatic carbocycles. The fourth-order valence-corrected chi connectivity index (χ4v) is 2.33. The third-order valence-corrected chi connectivity index (χ3v) is 3.63. The van der Waals surface area contributed by atoms with E-state index in [1.54, 1.807) is 0 Å². The summed E-state index contributed by atoms with van der Waals surface area (Å²) in [5.41, 5.74) is 10.3. The highest BCUT2D eigenvalue weighted by atomic mass is 16.3. The standard InChI is InChI=1S/C18H27N3O/c1-2-3-6-13-18(22)17-12-9-11-16(15-17)10-7-4-5-8-14-20-21-19/h7,9-12,15,18,22H,2-6,8,13-14H2,1H3. The van der Waals surface area contributed by atoms with Crippen molar-refractivity contribution in [2.75, 3.05) is 6.54 Å². The van der Waals surface area contributed by atoms with E-state index < -0.39 is 0 Å². The fourth-order valence-electron chi connectivity index (χ4n) is 2.33. The Morgan fingerprint density at radius 3 is 2.91 bits per heavy atom. The number of aliphatic hydroxyl groups is 1. The molecule has 120 valence electrons. The van der Waals surface area contributed by atoms with Crippen molar-refractivity contribution in [1.82, 2.24) is 0 Å². The summed E-state index contributed by atoms with van der Waals surface area (Å²) in [6.45, 7) is 2.74. The van der Waals surface area contributed by atoms with E-state index in [0.29, 0.717) is 6.54 Å². The van der Waals surface area contributed by atoms with E-state index in [0.717, 1.165) is 43.2 Å². The maximum Gasteiger partial charge on any atom is 0.0790 e. The quantitative estimate of drug-likeness (QED) is 0.239. The van der Waals surface area contributed by atoms with Gasteiger partial charge in [-0.3, -0.25) is 0 Å². The Morgan fingerprint density at radius 1 is 1.27 bits per heavy atom. The Hall–Kier alpha value is -1.77. The number of aliphatic hydroxyl groups excluding tert-OH is 1. The average Bonchev–Trinajstić information content (AvgIpc) is 2.54. The highest BCUT2D eigenvalue weighted by molar-refractivity contribution is 5.50. The van der Waals surface area contributed by atoms with Crippen LogP contribution in [0.15, 0.2) is 35.5 Å². The van der Waals surface area contributed by atoms with Gasteiger partial charge in [0.05, 0.1) is 6.10 Å². The second kappa shape index (κ2) is 11.8. The minimum atomic E-state index is -0.358. The molecule has 0 spiro atoms. The van der Waals surface area contributed by atoms with Crippen LogP contribution < -0.4 is 0 Å². The zero-order valence-corrected chi connectivity index (χ0v) is 13.5. The summed E-state index contributed by atoms with van der Waals surface area (Å²) in [6.07, 6.45) is 11.0. The van der Waals surface area contributed by atoms with Crippen LogP contribution in [0, 0.1) is 0 Å². The van der Waals surface area contributed by atoms with Gasteiger partial charge in [0, 0.05) is 11.5 Å². The number of benzene rings is 1. The number of allylic oxidation sites excluding steroid dienone is 1. The molecule has 1 aromatic rings. The van der Waals surface area contributed by atoms with Gasteiger partial charge < -0.3 is 5.11 Å². The van der Waals surface area contributed by atoms with Crippen LogP contribution in [0.1, 0.15) is 69.1 Å². The summed E-state index contributed by atoms with van der Waals surface area (Å²) < 4.78 is 0. The molecule has 0 heterocycles. The molecule has 1 atom stereocenters. The lowest BCUT2D eigenvalue weighted by atomic mass is 10.0. The first-order chi connectivity index (χ1) is 10.8. The summed E-state index contributed by atoms with van der Waals surface area (Å²) >= 11 is 0. The van der Waals surface area contributed by atoms with E-state index in [-0.39, 0.29) is 6.10 Å². The van der Waals surface area contributed by atoms with Crippen LogP contribution in [-0.4, -0.2) is 11.7 Å². The molecule has 0 amide bonds. The van der Waals surface area contributed by atoms with Crippen molar-refractivity contribution in [3.8, 4) is 0 Å². The van der Waals surface area contributed by atoms with E-state index >= 15 is 0 Å². The van der Waals surface area contributed by atoms with Gasteiger partial charge in [-0.25, -0.2) is 0 Å². The van der Waals surface area contributed by atoms with Crippen molar-refractivity contribution in [3.63, 3.8) is 0 Å². The summed E-state index contributed by atoms with van der Waals surface area (Å²) in [7, 11) is 0. The van der Waals surface area contributed by atoms with Gasteiger partial charge in [-0.2, -0.15) is 0 Å². The smallest absolute Gasteiger partial charge is 0.0790 e. The van der Waals surface area contributed by atoms with Crippen LogP contribution in [0.4, 0.5) is 0 Å². The molecule has 0 aromatic heterocycles. The normalized spacial score (nSPS) is 12.3. The van der Waals surface area contributed by atoms with Crippen molar-refractivity contribution in [2.24, 2.45) is 5.11 Å². The van der Waals surface area contributed by atoms with Gasteiger partial charge in [-0.1, -0.05) is 61.7 Å². The molecule has 0 radical (unpaired) electrons. The number of unbranched alkanes of at least 4 members (excludes halogenated alkanes) is 4. The first kappa shape index (κ1) is 18.3. The zero-order valence-electron chi connectivity index (χ0n) is 13.5. The molecule has 0 bridgehead atoms. The Morgan fingerprint density at radius 2 is 2.14 bits per heavy atom. The minimum Gasteiger partial charge on any atom is -0.388 e. The second-order valence-electron chi connectivity index (χ2n) is 5.53. The molecular weight excluding hydrogens is 274 g/mol. The van der Waals surface area contributed by atoms with Gasteiger partial charge in [-0.05, 0) is 48.4 Å². The predicted octanol–water partition coefficient (Wildman–Crippen LogP) is 5.79. The van der Waals surface area contributed by atoms with Crippen LogP contribution >= 0.6 is 0 Å². The van der Waals surface area contributed by atoms with Crippen molar-refractivity contribution < 1.29 is 5.11 Å². The average molecular weight is 301 g/mol. The van der Waals surface area contributed by atoms with Gasteiger partial charge in [0.15, 0.2) is 0 Å². The largest absolute Gasteiger partial charge is 0.388 e. The Labute approximate surface area is 133 Å². The lowest BCUT2D eigenvalue weighted by Crippen LogP contribution is -1.97. The van der Waals surface area contributed by atoms with Gasteiger partial charge >= 0.3 is 0 Å². The number of azide groups is 1. The fraction of sp³-hybridized carbons (Fsp3) is 0.556. The molecule has 0 fully saturated rings. The van der Waals surface area contributed by atoms with Gasteiger partial charge in [0.25, 0.3) is 0 Å². The van der Waals surface area contributed by atoms with E-state index in [1.165, 1.54) is 12.8 Å². The molecule has 1 N–H and O–H groups in total. The van der Waals surface area contributed by atoms with Crippen LogP contribution in [-0.2, 0) is 0 Å². The van der Waals surface area contributed by atoms with Gasteiger partial charge in [0.2, 0.25) is 0 Å². The van der Waals surface area contributed by atoms with E-state index in [9.17, 15) is 5.11 Å². The predicted molar refractivity (Wildman–Crippen MR) is 92.4 cm³/mol. The topological polar surface area (TPSA) is 69.0 Å². The SMILES string of the molecule is CCCCCC(O)c1cccc(C=CCCCCN=[N+]=[N-])c1. The molecular formula is C18H27N3O. The Kier molecular flexibility index (Phi) is 9.84. The van der Waals surface area contributed by atoms with Crippen molar-refractivity contribution in [3.05, 3.63) is 51.9 Å². The molecule has 0 aliphatic rings. The maximum absolute atomic E-state index is 10.2. The highest BCUT2D eigenvalue weighted by Gasteiger charge is 2.06. The molecule has 1 aromatic carbocycles. The summed E-state index contributed by atoms with van der Waals surface area (Å²) in [6, 6.07) is 8.11. The molecule has 1 unspecified atom stereocenters. The molecule has 0 aliphatic heterocycles. The zero-order chi connectivity index (χ0) is 16.0. The first-order valence-electron chi connectivity index (χ1n) is 8.23. The van der Waals surface area contributed by atoms with Gasteiger partial charge in [-0.15, -0.1) is 0 Å². The molecule has 4 heteroatoms. The van der Waals surface area contributed by atoms with Crippen LogP contribution in [0.25, 0.3) is 16.5 Å². The lowest BCUT2D eigenvalue weighted by molar-refractivity contribution is 0.163. The van der Waals surface area contributed by atoms with Crippen molar-refractivity contribution in [2.45, 2.75) is 58.0 Å². The summed E-state index contributed by atoms with van der Waals surface area (Å²) in [4.78, 5) is 2.74. The lowest BCUT2D eigenvalue weighted by Gasteiger charge is -2.11. The number of hydrogen-bond donors (Lipinski definition) is 1. The van der Waals surface area contributed by atoms with Crippen LogP contribution in [0.3, 0.4) is 0 Å². The molecule has 4 nitrogen and oxygen atoms in total.